The summed E-state index contributed by atoms with van der Waals surface area (Å²) in [6.45, 7) is 6.68. The molecule has 0 rings (SSSR count). The monoisotopic (exact) mass is 267 g/mol. The van der Waals surface area contributed by atoms with Crippen LogP contribution in [0.25, 0.3) is 0 Å². The third kappa shape index (κ3) is 8.12. The molecule has 0 saturated carbocycles. The van der Waals surface area contributed by atoms with E-state index in [1.807, 2.05) is 0 Å². The molecule has 102 valence electrons. The van der Waals surface area contributed by atoms with Crippen LogP contribution in [-0.4, -0.2) is 45.5 Å². The molecule has 17 heavy (non-hydrogen) atoms. The Bertz CT molecular complexity index is 344. The van der Waals surface area contributed by atoms with Crippen molar-refractivity contribution >= 4 is 16.0 Å². The molecule has 0 aromatic heterocycles. The Morgan fingerprint density at radius 2 is 1.88 bits per heavy atom. The molecular formula is C10H21NO5S. The molecule has 1 N–H and O–H groups in total. The van der Waals surface area contributed by atoms with Crippen LogP contribution in [0, 0.1) is 0 Å². The predicted molar refractivity (Wildman–Crippen MR) is 64.1 cm³/mol. The molecule has 0 aliphatic heterocycles. The Balaban J connectivity index is 4.34. The van der Waals surface area contributed by atoms with Gasteiger partial charge in [0.2, 0.25) is 10.0 Å². The highest BCUT2D eigenvalue weighted by atomic mass is 32.2. The molecule has 0 spiro atoms. The van der Waals surface area contributed by atoms with Crippen LogP contribution in [0.15, 0.2) is 0 Å². The molecule has 0 radical (unpaired) electrons. The highest BCUT2D eigenvalue weighted by molar-refractivity contribution is 7.89. The molecule has 0 saturated heterocycles. The summed E-state index contributed by atoms with van der Waals surface area (Å²) in [4.78, 5) is 11.5. The van der Waals surface area contributed by atoms with Crippen molar-refractivity contribution in [1.82, 2.24) is 4.72 Å². The summed E-state index contributed by atoms with van der Waals surface area (Å²) >= 11 is 0. The van der Waals surface area contributed by atoms with Gasteiger partial charge in [-0.25, -0.2) is 13.1 Å². The first-order valence-corrected chi connectivity index (χ1v) is 6.94. The zero-order valence-corrected chi connectivity index (χ0v) is 11.8. The lowest BCUT2D eigenvalue weighted by Crippen LogP contribution is -2.43. The fourth-order valence-electron chi connectivity index (χ4n) is 0.960. The number of esters is 1. The number of sulfonamides is 1. The number of hydrogen-bond donors (Lipinski definition) is 1. The van der Waals surface area contributed by atoms with Gasteiger partial charge in [0, 0.05) is 7.11 Å². The van der Waals surface area contributed by atoms with Gasteiger partial charge in [0.05, 0.1) is 12.4 Å². The van der Waals surface area contributed by atoms with Crippen LogP contribution < -0.4 is 4.72 Å². The van der Waals surface area contributed by atoms with Crippen molar-refractivity contribution in [3.8, 4) is 0 Å². The standard InChI is InChI=1S/C10H21NO5S/c1-8(9(12)16-10(2,3)4)11-17(13,14)7-6-15-5/h8,11H,6-7H2,1-5H3/t8-/m0/s1. The van der Waals surface area contributed by atoms with Gasteiger partial charge in [-0.05, 0) is 27.7 Å². The topological polar surface area (TPSA) is 81.7 Å². The summed E-state index contributed by atoms with van der Waals surface area (Å²) < 4.78 is 34.9. The Kier molecular flexibility index (Phi) is 6.08. The Morgan fingerprint density at radius 1 is 1.35 bits per heavy atom. The van der Waals surface area contributed by atoms with Gasteiger partial charge < -0.3 is 9.47 Å². The minimum atomic E-state index is -3.52. The van der Waals surface area contributed by atoms with Gasteiger partial charge in [-0.2, -0.15) is 0 Å². The average molecular weight is 267 g/mol. The van der Waals surface area contributed by atoms with E-state index in [-0.39, 0.29) is 12.4 Å². The van der Waals surface area contributed by atoms with Crippen molar-refractivity contribution in [2.75, 3.05) is 19.5 Å². The number of methoxy groups -OCH3 is 1. The first-order valence-electron chi connectivity index (χ1n) is 5.29. The summed E-state index contributed by atoms with van der Waals surface area (Å²) in [5, 5.41) is 0. The van der Waals surface area contributed by atoms with Gasteiger partial charge in [0.15, 0.2) is 0 Å². The molecule has 0 bridgehead atoms. The third-order valence-corrected chi connectivity index (χ3v) is 3.09. The predicted octanol–water partition coefficient (Wildman–Crippen LogP) is 0.282. The van der Waals surface area contributed by atoms with E-state index < -0.39 is 27.6 Å². The van der Waals surface area contributed by atoms with Crippen LogP contribution in [-0.2, 0) is 24.3 Å². The molecule has 1 atom stereocenters. The van der Waals surface area contributed by atoms with Crippen LogP contribution in [0.4, 0.5) is 0 Å². The second kappa shape index (κ2) is 6.32. The lowest BCUT2D eigenvalue weighted by molar-refractivity contribution is -0.156. The second-order valence-electron chi connectivity index (χ2n) is 4.68. The van der Waals surface area contributed by atoms with Gasteiger partial charge in [-0.15, -0.1) is 0 Å². The fourth-order valence-corrected chi connectivity index (χ4v) is 2.10. The number of hydrogen-bond acceptors (Lipinski definition) is 5. The zero-order chi connectivity index (χ0) is 13.7. The Labute approximate surface area is 103 Å². The van der Waals surface area contributed by atoms with Gasteiger partial charge in [0.25, 0.3) is 0 Å². The maximum absolute atomic E-state index is 11.5. The molecule has 0 fully saturated rings. The lowest BCUT2D eigenvalue weighted by atomic mass is 10.2. The van der Waals surface area contributed by atoms with E-state index in [4.69, 9.17) is 4.74 Å². The van der Waals surface area contributed by atoms with Gasteiger partial charge in [-0.3, -0.25) is 4.79 Å². The van der Waals surface area contributed by atoms with Crippen LogP contribution >= 0.6 is 0 Å². The van der Waals surface area contributed by atoms with Crippen molar-refractivity contribution in [3.63, 3.8) is 0 Å². The van der Waals surface area contributed by atoms with E-state index in [2.05, 4.69) is 9.46 Å². The molecule has 0 aromatic rings. The molecule has 0 aromatic carbocycles. The zero-order valence-electron chi connectivity index (χ0n) is 10.9. The summed E-state index contributed by atoms with van der Waals surface area (Å²) in [6, 6.07) is -0.906. The summed E-state index contributed by atoms with van der Waals surface area (Å²) in [5.74, 6) is -0.783. The molecule has 0 aliphatic rings. The van der Waals surface area contributed by atoms with E-state index in [0.717, 1.165) is 0 Å². The van der Waals surface area contributed by atoms with Crippen molar-refractivity contribution in [2.24, 2.45) is 0 Å². The van der Waals surface area contributed by atoms with E-state index in [1.165, 1.54) is 14.0 Å². The maximum atomic E-state index is 11.5. The summed E-state index contributed by atoms with van der Waals surface area (Å²) in [5.41, 5.74) is -0.636. The Morgan fingerprint density at radius 3 is 2.29 bits per heavy atom. The third-order valence-electron chi connectivity index (χ3n) is 1.67. The van der Waals surface area contributed by atoms with Crippen LogP contribution in [0.1, 0.15) is 27.7 Å². The molecule has 0 unspecified atom stereocenters. The highest BCUT2D eigenvalue weighted by Gasteiger charge is 2.25. The SMILES string of the molecule is COCCS(=O)(=O)N[C@@H](C)C(=O)OC(C)(C)C. The quantitative estimate of drug-likeness (QED) is 0.699. The molecule has 0 aliphatic carbocycles. The van der Waals surface area contributed by atoms with Gasteiger partial charge in [-0.1, -0.05) is 0 Å². The van der Waals surface area contributed by atoms with E-state index in [9.17, 15) is 13.2 Å². The molecule has 0 amide bonds. The molecule has 6 nitrogen and oxygen atoms in total. The largest absolute Gasteiger partial charge is 0.459 e. The van der Waals surface area contributed by atoms with E-state index in [1.54, 1.807) is 20.8 Å². The second-order valence-corrected chi connectivity index (χ2v) is 6.56. The Hall–Kier alpha value is -0.660. The first-order chi connectivity index (χ1) is 7.57. The normalized spacial score (nSPS) is 14.4. The van der Waals surface area contributed by atoms with Crippen molar-refractivity contribution < 1.29 is 22.7 Å². The number of nitrogens with one attached hydrogen (secondary N) is 1. The van der Waals surface area contributed by atoms with Crippen LogP contribution in [0.2, 0.25) is 0 Å². The van der Waals surface area contributed by atoms with E-state index >= 15 is 0 Å². The fraction of sp³-hybridized carbons (Fsp3) is 0.900. The minimum absolute atomic E-state index is 0.0797. The molecule has 0 heterocycles. The maximum Gasteiger partial charge on any atom is 0.324 e. The summed E-state index contributed by atoms with van der Waals surface area (Å²) in [7, 11) is -2.11. The van der Waals surface area contributed by atoms with Gasteiger partial charge >= 0.3 is 5.97 Å². The number of ether oxygens (including phenoxy) is 2. The van der Waals surface area contributed by atoms with Crippen molar-refractivity contribution in [1.29, 1.82) is 0 Å². The number of carbonyl (C=O) groups is 1. The van der Waals surface area contributed by atoms with Crippen LogP contribution in [0.5, 0.6) is 0 Å². The molecule has 7 heteroatoms. The number of carbonyl (C=O) groups excluding carboxylic acids is 1. The first kappa shape index (κ1) is 16.3. The van der Waals surface area contributed by atoms with Gasteiger partial charge in [0.1, 0.15) is 11.6 Å². The molecular weight excluding hydrogens is 246 g/mol. The number of rotatable bonds is 6. The lowest BCUT2D eigenvalue weighted by Gasteiger charge is -2.22. The smallest absolute Gasteiger partial charge is 0.324 e. The highest BCUT2D eigenvalue weighted by Crippen LogP contribution is 2.08. The van der Waals surface area contributed by atoms with Crippen molar-refractivity contribution in [2.45, 2.75) is 39.3 Å². The minimum Gasteiger partial charge on any atom is -0.459 e. The average Bonchev–Trinajstić information content (AvgIpc) is 2.11. The van der Waals surface area contributed by atoms with Crippen LogP contribution in [0.3, 0.4) is 0 Å². The summed E-state index contributed by atoms with van der Waals surface area (Å²) in [6.07, 6.45) is 0. The van der Waals surface area contributed by atoms with E-state index in [0.29, 0.717) is 0 Å². The van der Waals surface area contributed by atoms with Crippen molar-refractivity contribution in [3.05, 3.63) is 0 Å².